The number of Topliss-reactive ketones (excluding diaryl/α,β-unsaturated/α-hetero) is 1. The molecule has 0 radical (unpaired) electrons. The van der Waals surface area contributed by atoms with Gasteiger partial charge in [-0.15, -0.1) is 0 Å². The fourth-order valence-corrected chi connectivity index (χ4v) is 1.59. The number of phenols is 1. The quantitative estimate of drug-likeness (QED) is 0.858. The van der Waals surface area contributed by atoms with Crippen molar-refractivity contribution in [1.29, 1.82) is 0 Å². The summed E-state index contributed by atoms with van der Waals surface area (Å²) in [7, 11) is 0. The van der Waals surface area contributed by atoms with Gasteiger partial charge in [0.25, 0.3) is 0 Å². The smallest absolute Gasteiger partial charge is 0.165 e. The van der Waals surface area contributed by atoms with E-state index in [9.17, 15) is 9.18 Å². The largest absolute Gasteiger partial charge is 0.508 e. The standard InChI is InChI=1S/C15H13FO3/c1-10(17)12-4-7-15(14(16)8-12)19-9-11-2-5-13(18)6-3-11/h2-8,18H,9H2,1H3. The molecule has 4 heteroatoms. The molecule has 19 heavy (non-hydrogen) atoms. The van der Waals surface area contributed by atoms with Crippen LogP contribution in [0.4, 0.5) is 4.39 Å². The second kappa shape index (κ2) is 5.52. The van der Waals surface area contributed by atoms with Crippen molar-refractivity contribution in [2.75, 3.05) is 0 Å². The van der Waals surface area contributed by atoms with Gasteiger partial charge >= 0.3 is 0 Å². The van der Waals surface area contributed by atoms with Crippen molar-refractivity contribution in [3.63, 3.8) is 0 Å². The highest BCUT2D eigenvalue weighted by Gasteiger charge is 2.07. The van der Waals surface area contributed by atoms with Gasteiger partial charge in [-0.1, -0.05) is 12.1 Å². The number of aromatic hydroxyl groups is 1. The molecule has 2 rings (SSSR count). The zero-order valence-electron chi connectivity index (χ0n) is 10.4. The molecule has 0 aliphatic heterocycles. The number of hydrogen-bond acceptors (Lipinski definition) is 3. The fourth-order valence-electron chi connectivity index (χ4n) is 1.59. The van der Waals surface area contributed by atoms with Gasteiger partial charge in [0, 0.05) is 5.56 Å². The molecular weight excluding hydrogens is 247 g/mol. The highest BCUT2D eigenvalue weighted by molar-refractivity contribution is 5.94. The molecule has 0 atom stereocenters. The molecule has 0 spiro atoms. The second-order valence-corrected chi connectivity index (χ2v) is 4.16. The average molecular weight is 260 g/mol. The summed E-state index contributed by atoms with van der Waals surface area (Å²) in [5.74, 6) is -0.491. The third-order valence-corrected chi connectivity index (χ3v) is 2.67. The molecule has 0 fully saturated rings. The van der Waals surface area contributed by atoms with E-state index in [-0.39, 0.29) is 23.9 Å². The van der Waals surface area contributed by atoms with Gasteiger partial charge in [0.1, 0.15) is 12.4 Å². The Morgan fingerprint density at radius 1 is 1.21 bits per heavy atom. The zero-order chi connectivity index (χ0) is 13.8. The van der Waals surface area contributed by atoms with Crippen molar-refractivity contribution in [1.82, 2.24) is 0 Å². The van der Waals surface area contributed by atoms with Gasteiger partial charge in [0.2, 0.25) is 0 Å². The van der Waals surface area contributed by atoms with E-state index in [1.54, 1.807) is 12.1 Å². The maximum Gasteiger partial charge on any atom is 0.165 e. The maximum absolute atomic E-state index is 13.7. The highest BCUT2D eigenvalue weighted by Crippen LogP contribution is 2.20. The van der Waals surface area contributed by atoms with E-state index in [2.05, 4.69) is 0 Å². The van der Waals surface area contributed by atoms with Crippen LogP contribution < -0.4 is 4.74 Å². The van der Waals surface area contributed by atoms with E-state index in [0.29, 0.717) is 5.56 Å². The predicted octanol–water partition coefficient (Wildman–Crippen LogP) is 3.31. The van der Waals surface area contributed by atoms with Gasteiger partial charge in [-0.2, -0.15) is 0 Å². The molecule has 0 aliphatic carbocycles. The Hall–Kier alpha value is -2.36. The summed E-state index contributed by atoms with van der Waals surface area (Å²) >= 11 is 0. The molecule has 0 aliphatic rings. The van der Waals surface area contributed by atoms with Crippen molar-refractivity contribution < 1.29 is 19.0 Å². The molecule has 0 unspecified atom stereocenters. The third kappa shape index (κ3) is 3.31. The Bertz CT molecular complexity index is 591. The van der Waals surface area contributed by atoms with Gasteiger partial charge < -0.3 is 9.84 Å². The predicted molar refractivity (Wildman–Crippen MR) is 68.8 cm³/mol. The van der Waals surface area contributed by atoms with E-state index in [0.717, 1.165) is 11.6 Å². The minimum atomic E-state index is -0.563. The second-order valence-electron chi connectivity index (χ2n) is 4.16. The van der Waals surface area contributed by atoms with Crippen LogP contribution >= 0.6 is 0 Å². The summed E-state index contributed by atoms with van der Waals surface area (Å²) in [5, 5.41) is 9.14. The van der Waals surface area contributed by atoms with E-state index >= 15 is 0 Å². The van der Waals surface area contributed by atoms with Crippen LogP contribution in [-0.4, -0.2) is 10.9 Å². The molecule has 3 nitrogen and oxygen atoms in total. The van der Waals surface area contributed by atoms with Crippen molar-refractivity contribution >= 4 is 5.78 Å². The van der Waals surface area contributed by atoms with Crippen LogP contribution in [0.5, 0.6) is 11.5 Å². The van der Waals surface area contributed by atoms with E-state index in [4.69, 9.17) is 9.84 Å². The Morgan fingerprint density at radius 2 is 1.89 bits per heavy atom. The maximum atomic E-state index is 13.7. The summed E-state index contributed by atoms with van der Waals surface area (Å²) in [5.41, 5.74) is 1.13. The van der Waals surface area contributed by atoms with Crippen LogP contribution in [0.25, 0.3) is 0 Å². The lowest BCUT2D eigenvalue weighted by atomic mass is 10.1. The minimum Gasteiger partial charge on any atom is -0.508 e. The number of halogens is 1. The van der Waals surface area contributed by atoms with Crippen molar-refractivity contribution in [2.45, 2.75) is 13.5 Å². The summed E-state index contributed by atoms with van der Waals surface area (Å²) in [6.45, 7) is 1.57. The number of ether oxygens (including phenoxy) is 1. The lowest BCUT2D eigenvalue weighted by molar-refractivity contribution is 0.101. The highest BCUT2D eigenvalue weighted by atomic mass is 19.1. The summed E-state index contributed by atoms with van der Waals surface area (Å²) in [6, 6.07) is 10.6. The molecule has 2 aromatic rings. The normalized spacial score (nSPS) is 10.2. The molecule has 0 aromatic heterocycles. The van der Waals surface area contributed by atoms with Crippen molar-refractivity contribution in [3.05, 3.63) is 59.4 Å². The molecular formula is C15H13FO3. The lowest BCUT2D eigenvalue weighted by Crippen LogP contribution is -1.99. The van der Waals surface area contributed by atoms with Gasteiger partial charge in [-0.25, -0.2) is 4.39 Å². The number of hydrogen-bond donors (Lipinski definition) is 1. The molecule has 0 amide bonds. The van der Waals surface area contributed by atoms with E-state index < -0.39 is 5.82 Å². The van der Waals surface area contributed by atoms with Crippen molar-refractivity contribution in [2.24, 2.45) is 0 Å². The first kappa shape index (κ1) is 13.1. The third-order valence-electron chi connectivity index (χ3n) is 2.67. The SMILES string of the molecule is CC(=O)c1ccc(OCc2ccc(O)cc2)c(F)c1. The number of ketones is 1. The van der Waals surface area contributed by atoms with E-state index in [1.165, 1.54) is 31.2 Å². The summed E-state index contributed by atoms with van der Waals surface area (Å²) < 4.78 is 19.0. The molecule has 0 heterocycles. The van der Waals surface area contributed by atoms with Crippen molar-refractivity contribution in [3.8, 4) is 11.5 Å². The van der Waals surface area contributed by atoms with Crippen LogP contribution in [0.3, 0.4) is 0 Å². The molecule has 0 saturated carbocycles. The Kier molecular flexibility index (Phi) is 3.80. The number of benzene rings is 2. The number of carbonyl (C=O) groups is 1. The Morgan fingerprint density at radius 3 is 2.47 bits per heavy atom. The van der Waals surface area contributed by atoms with E-state index in [1.807, 2.05) is 0 Å². The molecule has 98 valence electrons. The van der Waals surface area contributed by atoms with Gasteiger partial charge in [0.15, 0.2) is 17.3 Å². The number of rotatable bonds is 4. The summed E-state index contributed by atoms with van der Waals surface area (Å²) in [4.78, 5) is 11.1. The molecule has 2 aromatic carbocycles. The molecule has 0 saturated heterocycles. The topological polar surface area (TPSA) is 46.5 Å². The lowest BCUT2D eigenvalue weighted by Gasteiger charge is -2.08. The fraction of sp³-hybridized carbons (Fsp3) is 0.133. The van der Waals surface area contributed by atoms with Gasteiger partial charge in [-0.3, -0.25) is 4.79 Å². The zero-order valence-corrected chi connectivity index (χ0v) is 10.4. The Labute approximate surface area is 110 Å². The van der Waals surface area contributed by atoms with Crippen LogP contribution in [0, 0.1) is 5.82 Å². The Balaban J connectivity index is 2.07. The molecule has 1 N–H and O–H groups in total. The molecule has 0 bridgehead atoms. The number of phenolic OH excluding ortho intramolecular Hbond substituents is 1. The van der Waals surface area contributed by atoms with Gasteiger partial charge in [0.05, 0.1) is 0 Å². The number of carbonyl (C=O) groups excluding carboxylic acids is 1. The van der Waals surface area contributed by atoms with Crippen LogP contribution in [0.1, 0.15) is 22.8 Å². The first-order valence-electron chi connectivity index (χ1n) is 5.77. The van der Waals surface area contributed by atoms with Crippen LogP contribution in [0.2, 0.25) is 0 Å². The van der Waals surface area contributed by atoms with Gasteiger partial charge in [-0.05, 0) is 42.8 Å². The van der Waals surface area contributed by atoms with Crippen LogP contribution in [-0.2, 0) is 6.61 Å². The first-order chi connectivity index (χ1) is 9.06. The first-order valence-corrected chi connectivity index (χ1v) is 5.77. The summed E-state index contributed by atoms with van der Waals surface area (Å²) in [6.07, 6.45) is 0. The monoisotopic (exact) mass is 260 g/mol. The minimum absolute atomic E-state index is 0.0954. The van der Waals surface area contributed by atoms with Crippen LogP contribution in [0.15, 0.2) is 42.5 Å². The average Bonchev–Trinajstić information content (AvgIpc) is 2.39.